The molecule has 8 nitrogen and oxygen atoms in total. The summed E-state index contributed by atoms with van der Waals surface area (Å²) in [4.78, 5) is 22.0. The van der Waals surface area contributed by atoms with Gasteiger partial charge in [0, 0.05) is 32.0 Å². The molecule has 1 saturated heterocycles. The Labute approximate surface area is 176 Å². The predicted molar refractivity (Wildman–Crippen MR) is 114 cm³/mol. The van der Waals surface area contributed by atoms with Gasteiger partial charge in [0.25, 0.3) is 0 Å². The van der Waals surface area contributed by atoms with Gasteiger partial charge in [0.1, 0.15) is 17.9 Å². The molecule has 0 saturated carbocycles. The van der Waals surface area contributed by atoms with Crippen LogP contribution < -0.4 is 15.0 Å². The number of hydrogen-bond donors (Lipinski definition) is 2. The quantitative estimate of drug-likeness (QED) is 0.745. The maximum atomic E-state index is 11.5. The molecule has 8 heteroatoms. The maximum Gasteiger partial charge on any atom is 0.357 e. The van der Waals surface area contributed by atoms with Crippen molar-refractivity contribution in [2.24, 2.45) is 0 Å². The SMILES string of the molecule is Cc1ccc(OC2CCN(c3nc(C#N)c(C(=O)O)nc3NC(C)C)CC2)c(C)c1. The van der Waals surface area contributed by atoms with E-state index >= 15 is 0 Å². The smallest absolute Gasteiger partial charge is 0.357 e. The van der Waals surface area contributed by atoms with Crippen LogP contribution >= 0.6 is 0 Å². The van der Waals surface area contributed by atoms with Crippen LogP contribution in [0.25, 0.3) is 0 Å². The molecule has 3 rings (SSSR count). The number of carbonyl (C=O) groups is 1. The van der Waals surface area contributed by atoms with Crippen LogP contribution in [0.3, 0.4) is 0 Å². The topological polar surface area (TPSA) is 111 Å². The van der Waals surface area contributed by atoms with Crippen LogP contribution in [0.2, 0.25) is 0 Å². The molecule has 2 aromatic rings. The van der Waals surface area contributed by atoms with Gasteiger partial charge in [0.05, 0.1) is 0 Å². The lowest BCUT2D eigenvalue weighted by molar-refractivity contribution is 0.0689. The van der Waals surface area contributed by atoms with Crippen molar-refractivity contribution in [3.05, 3.63) is 40.7 Å². The van der Waals surface area contributed by atoms with E-state index in [1.165, 1.54) is 5.56 Å². The summed E-state index contributed by atoms with van der Waals surface area (Å²) >= 11 is 0. The molecule has 0 amide bonds. The third-order valence-electron chi connectivity index (χ3n) is 4.98. The van der Waals surface area contributed by atoms with E-state index in [4.69, 9.17) is 4.74 Å². The van der Waals surface area contributed by atoms with Gasteiger partial charge in [-0.1, -0.05) is 17.7 Å². The minimum Gasteiger partial charge on any atom is -0.490 e. The molecule has 1 aliphatic heterocycles. The highest BCUT2D eigenvalue weighted by Crippen LogP contribution is 2.29. The second kappa shape index (κ2) is 8.99. The summed E-state index contributed by atoms with van der Waals surface area (Å²) in [6, 6.07) is 8.06. The second-order valence-electron chi connectivity index (χ2n) is 7.88. The van der Waals surface area contributed by atoms with Crippen LogP contribution in [-0.4, -0.2) is 46.3 Å². The lowest BCUT2D eigenvalue weighted by atomic mass is 10.1. The van der Waals surface area contributed by atoms with Crippen LogP contribution in [0.4, 0.5) is 11.6 Å². The van der Waals surface area contributed by atoms with Crippen LogP contribution in [0.5, 0.6) is 5.75 Å². The highest BCUT2D eigenvalue weighted by molar-refractivity contribution is 5.89. The molecule has 0 radical (unpaired) electrons. The Morgan fingerprint density at radius 2 is 2.00 bits per heavy atom. The van der Waals surface area contributed by atoms with Gasteiger partial charge in [-0.15, -0.1) is 0 Å². The number of aromatic nitrogens is 2. The van der Waals surface area contributed by atoms with Gasteiger partial charge in [0.15, 0.2) is 23.0 Å². The van der Waals surface area contributed by atoms with Gasteiger partial charge < -0.3 is 20.1 Å². The van der Waals surface area contributed by atoms with Crippen molar-refractivity contribution in [1.82, 2.24) is 9.97 Å². The summed E-state index contributed by atoms with van der Waals surface area (Å²) in [5, 5.41) is 21.9. The largest absolute Gasteiger partial charge is 0.490 e. The number of ether oxygens (including phenoxy) is 1. The number of aryl methyl sites for hydroxylation is 2. The molecule has 0 bridgehead atoms. The zero-order valence-electron chi connectivity index (χ0n) is 17.8. The van der Waals surface area contributed by atoms with E-state index in [1.807, 2.05) is 43.9 Å². The number of rotatable bonds is 6. The molecular weight excluding hydrogens is 382 g/mol. The van der Waals surface area contributed by atoms with Crippen molar-refractivity contribution in [3.8, 4) is 11.8 Å². The van der Waals surface area contributed by atoms with Gasteiger partial charge >= 0.3 is 5.97 Å². The first-order valence-corrected chi connectivity index (χ1v) is 10.1. The molecule has 1 aromatic heterocycles. The lowest BCUT2D eigenvalue weighted by Gasteiger charge is -2.34. The van der Waals surface area contributed by atoms with Crippen molar-refractivity contribution >= 4 is 17.6 Å². The van der Waals surface area contributed by atoms with Crippen molar-refractivity contribution in [2.45, 2.75) is 52.7 Å². The maximum absolute atomic E-state index is 11.5. The normalized spacial score (nSPS) is 14.5. The summed E-state index contributed by atoms with van der Waals surface area (Å²) in [5.74, 6) is 0.530. The number of hydrogen-bond acceptors (Lipinski definition) is 7. The van der Waals surface area contributed by atoms with E-state index in [2.05, 4.69) is 28.3 Å². The van der Waals surface area contributed by atoms with E-state index in [9.17, 15) is 15.2 Å². The molecule has 2 heterocycles. The molecule has 0 aliphatic carbocycles. The molecule has 0 spiro atoms. The number of nitriles is 1. The van der Waals surface area contributed by atoms with Gasteiger partial charge in [-0.05, 0) is 39.3 Å². The van der Waals surface area contributed by atoms with Crippen LogP contribution in [0, 0.1) is 25.2 Å². The Balaban J connectivity index is 1.78. The monoisotopic (exact) mass is 409 g/mol. The van der Waals surface area contributed by atoms with E-state index in [0.717, 1.165) is 24.2 Å². The average Bonchev–Trinajstić information content (AvgIpc) is 2.70. The number of piperidine rings is 1. The van der Waals surface area contributed by atoms with E-state index in [1.54, 1.807) is 0 Å². The number of anilines is 2. The molecule has 2 N–H and O–H groups in total. The summed E-state index contributed by atoms with van der Waals surface area (Å²) in [6.45, 7) is 9.33. The van der Waals surface area contributed by atoms with Crippen molar-refractivity contribution in [3.63, 3.8) is 0 Å². The molecule has 1 aliphatic rings. The van der Waals surface area contributed by atoms with Crippen LogP contribution in [0.1, 0.15) is 54.0 Å². The molecule has 0 atom stereocenters. The zero-order valence-corrected chi connectivity index (χ0v) is 17.8. The molecule has 1 aromatic carbocycles. The van der Waals surface area contributed by atoms with Gasteiger partial charge in [-0.25, -0.2) is 14.8 Å². The third kappa shape index (κ3) is 4.79. The Morgan fingerprint density at radius 1 is 1.30 bits per heavy atom. The lowest BCUT2D eigenvalue weighted by Crippen LogP contribution is -2.39. The first-order valence-electron chi connectivity index (χ1n) is 10.1. The third-order valence-corrected chi connectivity index (χ3v) is 4.98. The average molecular weight is 409 g/mol. The molecule has 158 valence electrons. The Hall–Kier alpha value is -3.34. The number of carboxylic acids is 1. The molecular formula is C22H27N5O3. The summed E-state index contributed by atoms with van der Waals surface area (Å²) < 4.78 is 6.21. The number of carboxylic acid groups (broad SMARTS) is 1. The van der Waals surface area contributed by atoms with Crippen LogP contribution in [0.15, 0.2) is 18.2 Å². The molecule has 1 fully saturated rings. The minimum absolute atomic E-state index is 0.0398. The summed E-state index contributed by atoms with van der Waals surface area (Å²) in [7, 11) is 0. The number of aromatic carboxylic acids is 1. The summed E-state index contributed by atoms with van der Waals surface area (Å²) in [5.41, 5.74) is 1.81. The van der Waals surface area contributed by atoms with E-state index in [0.29, 0.717) is 24.7 Å². The standard InChI is InChI=1S/C22H27N5O3/c1-13(2)24-20-21(25-17(12-23)19(26-20)22(28)29)27-9-7-16(8-10-27)30-18-6-5-14(3)11-15(18)4/h5-6,11,13,16H,7-10H2,1-4H3,(H,24,26)(H,28,29). The van der Waals surface area contributed by atoms with Crippen LogP contribution in [-0.2, 0) is 0 Å². The minimum atomic E-state index is -1.27. The van der Waals surface area contributed by atoms with Crippen molar-refractivity contribution in [1.29, 1.82) is 5.26 Å². The van der Waals surface area contributed by atoms with Gasteiger partial charge in [-0.3, -0.25) is 0 Å². The Bertz CT molecular complexity index is 975. The first kappa shape index (κ1) is 21.4. The fraction of sp³-hybridized carbons (Fsp3) is 0.455. The molecule has 30 heavy (non-hydrogen) atoms. The second-order valence-corrected chi connectivity index (χ2v) is 7.88. The number of nitrogens with zero attached hydrogens (tertiary/aromatic N) is 4. The Morgan fingerprint density at radius 3 is 2.57 bits per heavy atom. The fourth-order valence-corrected chi connectivity index (χ4v) is 3.54. The molecule has 0 unspecified atom stereocenters. The Kier molecular flexibility index (Phi) is 6.40. The zero-order chi connectivity index (χ0) is 21.8. The highest BCUT2D eigenvalue weighted by atomic mass is 16.5. The van der Waals surface area contributed by atoms with Crippen molar-refractivity contribution < 1.29 is 14.6 Å². The fourth-order valence-electron chi connectivity index (χ4n) is 3.54. The van der Waals surface area contributed by atoms with E-state index < -0.39 is 5.97 Å². The van der Waals surface area contributed by atoms with Gasteiger partial charge in [0.2, 0.25) is 0 Å². The highest BCUT2D eigenvalue weighted by Gasteiger charge is 2.27. The number of benzene rings is 1. The first-order chi connectivity index (χ1) is 14.3. The number of nitrogens with one attached hydrogen (secondary N) is 1. The summed E-state index contributed by atoms with van der Waals surface area (Å²) in [6.07, 6.45) is 1.67. The predicted octanol–water partition coefficient (Wildman–Crippen LogP) is 3.53. The van der Waals surface area contributed by atoms with Gasteiger partial charge in [-0.2, -0.15) is 5.26 Å². The van der Waals surface area contributed by atoms with E-state index in [-0.39, 0.29) is 23.5 Å². The van der Waals surface area contributed by atoms with Crippen molar-refractivity contribution in [2.75, 3.05) is 23.3 Å².